The van der Waals surface area contributed by atoms with Crippen molar-refractivity contribution in [3.8, 4) is 34.5 Å². The molecule has 51 heavy (non-hydrogen) atoms. The van der Waals surface area contributed by atoms with E-state index in [4.69, 9.17) is 33.2 Å². The smallest absolute Gasteiger partial charge is 0.340 e. The van der Waals surface area contributed by atoms with Crippen LogP contribution in [0.25, 0.3) is 0 Å². The largest absolute Gasteiger partial charge is 0.504 e. The standard InChI is InChI=1S/C36H36O15/c1-45-19-49-33-26(46-16-20-8-4-2-5-9-20)14-23(15-27(33)47-17-21-10-6-3-7-11-21)34(43)48-18-28-30(40)31(41)32(42)36(50-28)51-35(44)22-12-24(37)29(39)25(38)13-22/h2-15,28,30-32,36-42H,16-19H2,1H3/t28-,30-,31+,32-,36+/m1/s1. The summed E-state index contributed by atoms with van der Waals surface area (Å²) in [6.07, 6.45) is -9.02. The fourth-order valence-corrected chi connectivity index (χ4v) is 4.93. The van der Waals surface area contributed by atoms with E-state index in [-0.39, 0.29) is 42.8 Å². The molecule has 4 aromatic carbocycles. The molecule has 1 heterocycles. The van der Waals surface area contributed by atoms with Crippen LogP contribution >= 0.6 is 0 Å². The van der Waals surface area contributed by atoms with Gasteiger partial charge in [0.05, 0.1) is 11.1 Å². The third-order valence-electron chi connectivity index (χ3n) is 7.63. The Hall–Kier alpha value is -5.58. The van der Waals surface area contributed by atoms with Gasteiger partial charge in [-0.15, -0.1) is 0 Å². The highest BCUT2D eigenvalue weighted by Gasteiger charge is 2.46. The Balaban J connectivity index is 1.34. The maximum absolute atomic E-state index is 13.5. The lowest BCUT2D eigenvalue weighted by Gasteiger charge is -2.39. The number of methoxy groups -OCH3 is 1. The molecule has 1 aliphatic rings. The number of ether oxygens (including phenoxy) is 7. The van der Waals surface area contributed by atoms with Gasteiger partial charge in [0.1, 0.15) is 44.2 Å². The number of hydrogen-bond acceptors (Lipinski definition) is 15. The van der Waals surface area contributed by atoms with Gasteiger partial charge in [0, 0.05) is 7.11 Å². The van der Waals surface area contributed by atoms with E-state index in [0.717, 1.165) is 23.3 Å². The fourth-order valence-electron chi connectivity index (χ4n) is 4.93. The molecule has 5 atom stereocenters. The monoisotopic (exact) mass is 708 g/mol. The van der Waals surface area contributed by atoms with Gasteiger partial charge in [-0.2, -0.15) is 0 Å². The highest BCUT2D eigenvalue weighted by atomic mass is 16.7. The first-order valence-electron chi connectivity index (χ1n) is 15.5. The van der Waals surface area contributed by atoms with Crippen LogP contribution in [0.1, 0.15) is 31.8 Å². The van der Waals surface area contributed by atoms with Crippen molar-refractivity contribution >= 4 is 11.9 Å². The Bertz CT molecular complexity index is 1690. The van der Waals surface area contributed by atoms with Crippen molar-refractivity contribution in [2.45, 2.75) is 43.9 Å². The Kier molecular flexibility index (Phi) is 12.2. The minimum Gasteiger partial charge on any atom is -0.504 e. The molecule has 0 bridgehead atoms. The van der Waals surface area contributed by atoms with E-state index < -0.39 is 72.1 Å². The van der Waals surface area contributed by atoms with Gasteiger partial charge < -0.3 is 63.8 Å². The number of hydrogen-bond donors (Lipinski definition) is 6. The highest BCUT2D eigenvalue weighted by molar-refractivity contribution is 5.92. The molecule has 0 aliphatic carbocycles. The number of benzene rings is 4. The molecule has 5 rings (SSSR count). The van der Waals surface area contributed by atoms with Crippen LogP contribution in [0.3, 0.4) is 0 Å². The summed E-state index contributed by atoms with van der Waals surface area (Å²) in [4.78, 5) is 26.1. The van der Waals surface area contributed by atoms with Crippen molar-refractivity contribution in [2.24, 2.45) is 0 Å². The van der Waals surface area contributed by atoms with Crippen LogP contribution in [0.4, 0.5) is 0 Å². The Labute approximate surface area is 291 Å². The van der Waals surface area contributed by atoms with Crippen molar-refractivity contribution < 1.29 is 73.4 Å². The zero-order valence-corrected chi connectivity index (χ0v) is 27.2. The van der Waals surface area contributed by atoms with Crippen LogP contribution < -0.4 is 14.2 Å². The summed E-state index contributed by atoms with van der Waals surface area (Å²) in [5.41, 5.74) is 1.17. The van der Waals surface area contributed by atoms with Crippen molar-refractivity contribution in [3.05, 3.63) is 107 Å². The topological polar surface area (TPSA) is 220 Å². The normalized spacial score (nSPS) is 19.9. The fraction of sp³-hybridized carbons (Fsp3) is 0.278. The number of phenolic OH excluding ortho intramolecular Hbond substituents is 3. The lowest BCUT2D eigenvalue weighted by Crippen LogP contribution is -2.59. The second-order valence-electron chi connectivity index (χ2n) is 11.3. The van der Waals surface area contributed by atoms with Gasteiger partial charge in [-0.1, -0.05) is 60.7 Å². The maximum atomic E-state index is 13.5. The zero-order valence-electron chi connectivity index (χ0n) is 27.2. The SMILES string of the molecule is COCOc1c(OCc2ccccc2)cc(C(=O)OC[C@H]2O[C@@H](OC(=O)c3cc(O)c(O)c(O)c3)[C@H](O)[C@@H](O)[C@@H]2O)cc1OCc1ccccc1. The molecule has 1 saturated heterocycles. The molecular weight excluding hydrogens is 672 g/mol. The zero-order chi connectivity index (χ0) is 36.5. The third-order valence-corrected chi connectivity index (χ3v) is 7.63. The van der Waals surface area contributed by atoms with Crippen LogP contribution in [0, 0.1) is 0 Å². The number of aliphatic hydroxyl groups is 3. The van der Waals surface area contributed by atoms with E-state index in [1.54, 1.807) is 0 Å². The van der Waals surface area contributed by atoms with E-state index in [2.05, 4.69) is 0 Å². The summed E-state index contributed by atoms with van der Waals surface area (Å²) in [5.74, 6) is -4.28. The maximum Gasteiger partial charge on any atom is 0.340 e. The highest BCUT2D eigenvalue weighted by Crippen LogP contribution is 2.40. The molecule has 0 unspecified atom stereocenters. The summed E-state index contributed by atoms with van der Waals surface area (Å²) < 4.78 is 39.1. The summed E-state index contributed by atoms with van der Waals surface area (Å²) in [6.45, 7) is -0.640. The lowest BCUT2D eigenvalue weighted by molar-refractivity contribution is -0.285. The number of rotatable bonds is 14. The van der Waals surface area contributed by atoms with Gasteiger partial charge in [0.15, 0.2) is 35.5 Å². The predicted molar refractivity (Wildman–Crippen MR) is 174 cm³/mol. The Morgan fingerprint density at radius 3 is 1.75 bits per heavy atom. The summed E-state index contributed by atoms with van der Waals surface area (Å²) in [7, 11) is 1.44. The van der Waals surface area contributed by atoms with E-state index >= 15 is 0 Å². The number of carbonyl (C=O) groups is 2. The molecule has 0 spiro atoms. The van der Waals surface area contributed by atoms with Gasteiger partial charge in [-0.3, -0.25) is 0 Å². The quantitative estimate of drug-likeness (QED) is 0.0630. The van der Waals surface area contributed by atoms with E-state index in [9.17, 15) is 40.2 Å². The van der Waals surface area contributed by atoms with Crippen molar-refractivity contribution in [2.75, 3.05) is 20.5 Å². The molecule has 1 fully saturated rings. The molecule has 270 valence electrons. The molecule has 15 nitrogen and oxygen atoms in total. The van der Waals surface area contributed by atoms with Crippen molar-refractivity contribution in [3.63, 3.8) is 0 Å². The second-order valence-corrected chi connectivity index (χ2v) is 11.3. The summed E-state index contributed by atoms with van der Waals surface area (Å²) >= 11 is 0. The second kappa shape index (κ2) is 16.9. The van der Waals surface area contributed by atoms with Crippen LogP contribution in [0.5, 0.6) is 34.5 Å². The molecule has 6 N–H and O–H groups in total. The number of aromatic hydroxyl groups is 3. The van der Waals surface area contributed by atoms with Gasteiger partial charge in [-0.25, -0.2) is 9.59 Å². The predicted octanol–water partition coefficient (Wildman–Crippen LogP) is 2.77. The molecular formula is C36H36O15. The lowest BCUT2D eigenvalue weighted by atomic mass is 9.99. The molecule has 0 radical (unpaired) electrons. The first-order chi connectivity index (χ1) is 24.5. The van der Waals surface area contributed by atoms with E-state index in [0.29, 0.717) is 0 Å². The first kappa shape index (κ1) is 36.7. The Morgan fingerprint density at radius 2 is 1.22 bits per heavy atom. The molecule has 4 aromatic rings. The molecule has 1 aliphatic heterocycles. The number of carbonyl (C=O) groups excluding carboxylic acids is 2. The van der Waals surface area contributed by atoms with Crippen LogP contribution in [-0.4, -0.2) is 93.8 Å². The molecule has 0 saturated carbocycles. The first-order valence-corrected chi connectivity index (χ1v) is 15.5. The molecule has 15 heteroatoms. The third kappa shape index (κ3) is 9.16. The van der Waals surface area contributed by atoms with Crippen LogP contribution in [-0.2, 0) is 32.2 Å². The van der Waals surface area contributed by atoms with Crippen molar-refractivity contribution in [1.82, 2.24) is 0 Å². The summed E-state index contributed by atoms with van der Waals surface area (Å²) in [5, 5.41) is 60.5. The van der Waals surface area contributed by atoms with Crippen LogP contribution in [0.2, 0.25) is 0 Å². The Morgan fingerprint density at radius 1 is 0.686 bits per heavy atom. The van der Waals surface area contributed by atoms with Gasteiger partial charge in [0.2, 0.25) is 12.0 Å². The van der Waals surface area contributed by atoms with Crippen LogP contribution in [0.15, 0.2) is 84.9 Å². The van der Waals surface area contributed by atoms with Gasteiger partial charge in [0.25, 0.3) is 0 Å². The number of phenols is 3. The minimum atomic E-state index is -1.94. The average molecular weight is 709 g/mol. The van der Waals surface area contributed by atoms with Gasteiger partial charge in [-0.05, 0) is 35.4 Å². The summed E-state index contributed by atoms with van der Waals surface area (Å²) in [6, 6.07) is 22.8. The van der Waals surface area contributed by atoms with E-state index in [1.165, 1.54) is 19.2 Å². The number of aliphatic hydroxyl groups excluding tert-OH is 3. The number of esters is 2. The van der Waals surface area contributed by atoms with Gasteiger partial charge >= 0.3 is 11.9 Å². The van der Waals surface area contributed by atoms with E-state index in [1.807, 2.05) is 60.7 Å². The molecule has 0 amide bonds. The minimum absolute atomic E-state index is 0.0494. The molecule has 0 aromatic heterocycles. The van der Waals surface area contributed by atoms with Crippen molar-refractivity contribution in [1.29, 1.82) is 0 Å². The average Bonchev–Trinajstić information content (AvgIpc) is 3.14.